The summed E-state index contributed by atoms with van der Waals surface area (Å²) >= 11 is 0. The smallest absolute Gasteiger partial charge is 0.252 e. The Hall–Kier alpha value is -2.44. The van der Waals surface area contributed by atoms with Gasteiger partial charge in [0.05, 0.1) is 7.11 Å². The van der Waals surface area contributed by atoms with Crippen molar-refractivity contribution in [3.8, 4) is 16.9 Å². The summed E-state index contributed by atoms with van der Waals surface area (Å²) in [6.45, 7) is 6.97. The molecule has 0 spiro atoms. The molecule has 1 N–H and O–H groups in total. The normalized spacial score (nSPS) is 21.5. The molecule has 0 aliphatic carbocycles. The number of amides is 1. The third-order valence-electron chi connectivity index (χ3n) is 7.25. The maximum Gasteiger partial charge on any atom is 0.252 e. The standard InChI is InChI=1S/C28H37FN2O3/c1-21-11-16-31(17-12-21)15-4-14-30-27(32)28(13-3-18-34-28)20-22-5-7-23(8-6-22)25-19-24(29)9-10-26(25)33-2/h5-10,19,21H,3-4,11-18,20H2,1-2H3,(H,30,32)/t28-/m1/s1. The van der Waals surface area contributed by atoms with E-state index >= 15 is 0 Å². The number of ether oxygens (including phenoxy) is 2. The Labute approximate surface area is 202 Å². The van der Waals surface area contributed by atoms with Gasteiger partial charge >= 0.3 is 0 Å². The van der Waals surface area contributed by atoms with Crippen LogP contribution in [0.5, 0.6) is 5.75 Å². The highest BCUT2D eigenvalue weighted by atomic mass is 19.1. The molecule has 1 atom stereocenters. The Balaban J connectivity index is 1.35. The highest BCUT2D eigenvalue weighted by Crippen LogP contribution is 2.33. The number of halogens is 1. The number of piperidine rings is 1. The molecule has 2 aliphatic rings. The van der Waals surface area contributed by atoms with Gasteiger partial charge in [-0.25, -0.2) is 4.39 Å². The minimum atomic E-state index is -0.807. The van der Waals surface area contributed by atoms with Crippen LogP contribution in [0, 0.1) is 11.7 Å². The Morgan fingerprint density at radius 2 is 1.97 bits per heavy atom. The fraction of sp³-hybridized carbons (Fsp3) is 0.536. The molecule has 184 valence electrons. The van der Waals surface area contributed by atoms with E-state index in [2.05, 4.69) is 17.1 Å². The largest absolute Gasteiger partial charge is 0.496 e. The van der Waals surface area contributed by atoms with Crippen LogP contribution in [0.25, 0.3) is 11.1 Å². The number of benzene rings is 2. The molecule has 2 aromatic carbocycles. The molecule has 0 aromatic heterocycles. The van der Waals surface area contributed by atoms with Crippen LogP contribution in [-0.4, -0.2) is 56.3 Å². The molecule has 6 heteroatoms. The van der Waals surface area contributed by atoms with Gasteiger partial charge in [0, 0.05) is 25.1 Å². The number of nitrogens with zero attached hydrogens (tertiary/aromatic N) is 1. The second kappa shape index (κ2) is 11.3. The second-order valence-electron chi connectivity index (χ2n) is 9.80. The minimum absolute atomic E-state index is 0.00635. The fourth-order valence-electron chi connectivity index (χ4n) is 5.09. The molecule has 2 saturated heterocycles. The quantitative estimate of drug-likeness (QED) is 0.536. The van der Waals surface area contributed by atoms with Crippen molar-refractivity contribution in [1.29, 1.82) is 0 Å². The first-order chi connectivity index (χ1) is 16.5. The summed E-state index contributed by atoms with van der Waals surface area (Å²) in [6.07, 6.45) is 5.65. The van der Waals surface area contributed by atoms with Gasteiger partial charge in [-0.15, -0.1) is 0 Å². The second-order valence-corrected chi connectivity index (χ2v) is 9.80. The molecule has 1 amide bonds. The predicted octanol–water partition coefficient (Wildman–Crippen LogP) is 4.83. The first-order valence-electron chi connectivity index (χ1n) is 12.6. The average molecular weight is 469 g/mol. The highest BCUT2D eigenvalue weighted by Gasteiger charge is 2.42. The maximum atomic E-state index is 13.8. The number of carbonyl (C=O) groups excluding carboxylic acids is 1. The molecule has 34 heavy (non-hydrogen) atoms. The van der Waals surface area contributed by atoms with Gasteiger partial charge in [0.15, 0.2) is 5.60 Å². The van der Waals surface area contributed by atoms with E-state index in [1.54, 1.807) is 13.2 Å². The van der Waals surface area contributed by atoms with Crippen LogP contribution in [-0.2, 0) is 16.0 Å². The summed E-state index contributed by atoms with van der Waals surface area (Å²) < 4.78 is 25.2. The van der Waals surface area contributed by atoms with Crippen LogP contribution in [0.3, 0.4) is 0 Å². The van der Waals surface area contributed by atoms with Gasteiger partial charge in [-0.1, -0.05) is 31.2 Å². The lowest BCUT2D eigenvalue weighted by Crippen LogP contribution is -2.48. The summed E-state index contributed by atoms with van der Waals surface area (Å²) in [5.41, 5.74) is 1.80. The molecule has 0 bridgehead atoms. The van der Waals surface area contributed by atoms with Gasteiger partial charge in [0.25, 0.3) is 5.91 Å². The van der Waals surface area contributed by atoms with E-state index in [1.165, 1.54) is 38.1 Å². The Kier molecular flexibility index (Phi) is 8.22. The summed E-state index contributed by atoms with van der Waals surface area (Å²) in [4.78, 5) is 15.7. The van der Waals surface area contributed by atoms with Crippen molar-refractivity contribution in [2.75, 3.05) is 39.9 Å². The van der Waals surface area contributed by atoms with Gasteiger partial charge in [0.2, 0.25) is 0 Å². The zero-order valence-corrected chi connectivity index (χ0v) is 20.4. The molecule has 0 radical (unpaired) electrons. The summed E-state index contributed by atoms with van der Waals surface area (Å²) in [7, 11) is 1.58. The lowest BCUT2D eigenvalue weighted by Gasteiger charge is -2.30. The Morgan fingerprint density at radius 3 is 2.65 bits per heavy atom. The van der Waals surface area contributed by atoms with E-state index < -0.39 is 5.60 Å². The Morgan fingerprint density at radius 1 is 1.21 bits per heavy atom. The van der Waals surface area contributed by atoms with Crippen molar-refractivity contribution in [3.05, 3.63) is 53.8 Å². The zero-order valence-electron chi connectivity index (χ0n) is 20.4. The number of carbonyl (C=O) groups is 1. The molecular weight excluding hydrogens is 431 g/mol. The van der Waals surface area contributed by atoms with E-state index in [4.69, 9.17) is 9.47 Å². The number of hydrogen-bond acceptors (Lipinski definition) is 4. The van der Waals surface area contributed by atoms with Crippen molar-refractivity contribution in [2.24, 2.45) is 5.92 Å². The molecule has 2 aromatic rings. The van der Waals surface area contributed by atoms with E-state index in [-0.39, 0.29) is 11.7 Å². The lowest BCUT2D eigenvalue weighted by atomic mass is 9.89. The third-order valence-corrected chi connectivity index (χ3v) is 7.25. The number of rotatable bonds is 9. The van der Waals surface area contributed by atoms with E-state index in [0.717, 1.165) is 42.9 Å². The summed E-state index contributed by atoms with van der Waals surface area (Å²) in [5.74, 6) is 1.15. The van der Waals surface area contributed by atoms with E-state index in [0.29, 0.717) is 30.9 Å². The molecule has 2 heterocycles. The monoisotopic (exact) mass is 468 g/mol. The highest BCUT2D eigenvalue weighted by molar-refractivity contribution is 5.86. The van der Waals surface area contributed by atoms with Gasteiger partial charge in [-0.3, -0.25) is 4.79 Å². The predicted molar refractivity (Wildman–Crippen MR) is 132 cm³/mol. The van der Waals surface area contributed by atoms with Crippen molar-refractivity contribution in [2.45, 2.75) is 51.0 Å². The first-order valence-corrected chi connectivity index (χ1v) is 12.6. The third kappa shape index (κ3) is 5.97. The molecule has 0 saturated carbocycles. The number of hydrogen-bond donors (Lipinski definition) is 1. The van der Waals surface area contributed by atoms with Crippen LogP contribution < -0.4 is 10.1 Å². The van der Waals surface area contributed by atoms with Gasteiger partial charge in [-0.2, -0.15) is 0 Å². The summed E-state index contributed by atoms with van der Waals surface area (Å²) in [6, 6.07) is 12.4. The van der Waals surface area contributed by atoms with Crippen LogP contribution >= 0.6 is 0 Å². The average Bonchev–Trinajstić information content (AvgIpc) is 3.33. The summed E-state index contributed by atoms with van der Waals surface area (Å²) in [5, 5.41) is 3.14. The van der Waals surface area contributed by atoms with E-state index in [9.17, 15) is 9.18 Å². The lowest BCUT2D eigenvalue weighted by molar-refractivity contribution is -0.141. The maximum absolute atomic E-state index is 13.8. The van der Waals surface area contributed by atoms with Crippen LogP contribution in [0.15, 0.2) is 42.5 Å². The van der Waals surface area contributed by atoms with Crippen molar-refractivity contribution < 1.29 is 18.7 Å². The van der Waals surface area contributed by atoms with Crippen LogP contribution in [0.2, 0.25) is 0 Å². The first kappa shape index (κ1) is 24.7. The number of methoxy groups -OCH3 is 1. The van der Waals surface area contributed by atoms with Gasteiger partial charge in [0.1, 0.15) is 11.6 Å². The van der Waals surface area contributed by atoms with Gasteiger partial charge in [-0.05, 0) is 87.0 Å². The fourth-order valence-corrected chi connectivity index (χ4v) is 5.09. The SMILES string of the molecule is COc1ccc(F)cc1-c1ccc(C[C@@]2(C(=O)NCCCN3CCC(C)CC3)CCCO2)cc1. The van der Waals surface area contributed by atoms with Gasteiger partial charge < -0.3 is 19.7 Å². The molecular formula is C28H37FN2O3. The van der Waals surface area contributed by atoms with Crippen molar-refractivity contribution in [3.63, 3.8) is 0 Å². The van der Waals surface area contributed by atoms with Crippen molar-refractivity contribution in [1.82, 2.24) is 10.2 Å². The molecule has 2 fully saturated rings. The Bertz CT molecular complexity index is 949. The number of nitrogens with one attached hydrogen (secondary N) is 1. The molecule has 5 nitrogen and oxygen atoms in total. The van der Waals surface area contributed by atoms with Crippen LogP contribution in [0.1, 0.15) is 44.6 Å². The minimum Gasteiger partial charge on any atom is -0.496 e. The number of likely N-dealkylation sites (tertiary alicyclic amines) is 1. The molecule has 4 rings (SSSR count). The van der Waals surface area contributed by atoms with E-state index in [1.807, 2.05) is 24.3 Å². The molecule has 2 aliphatic heterocycles. The zero-order chi connectivity index (χ0) is 24.0. The topological polar surface area (TPSA) is 50.8 Å². The van der Waals surface area contributed by atoms with Crippen LogP contribution in [0.4, 0.5) is 4.39 Å². The molecule has 0 unspecified atom stereocenters. The van der Waals surface area contributed by atoms with Crippen molar-refractivity contribution >= 4 is 5.91 Å².